The van der Waals surface area contributed by atoms with E-state index in [2.05, 4.69) is 10.2 Å². The van der Waals surface area contributed by atoms with E-state index >= 15 is 0 Å². The molecule has 11 heteroatoms. The molecule has 2 aromatic rings. The fourth-order valence-electron chi connectivity index (χ4n) is 2.93. The summed E-state index contributed by atoms with van der Waals surface area (Å²) < 4.78 is 35.3. The van der Waals surface area contributed by atoms with E-state index in [0.29, 0.717) is 5.56 Å². The largest absolute Gasteiger partial charge is 0.450 e. The maximum Gasteiger partial charge on any atom is 0.409 e. The molecule has 0 radical (unpaired) electrons. The standard InChI is InChI=1S/C18H22N4O6S/c1-3-27-18(24)22-10-8-21(9-11-22)15(23)12-29(25,26)17-20-19-16(28-17)14-7-5-4-6-13(14)2/h4-7H,3,8-12H2,1-2H3. The molecule has 2 heterocycles. The smallest absolute Gasteiger partial charge is 0.409 e. The van der Waals surface area contributed by atoms with Crippen LogP contribution in [-0.2, 0) is 19.4 Å². The molecule has 29 heavy (non-hydrogen) atoms. The highest BCUT2D eigenvalue weighted by Gasteiger charge is 2.31. The van der Waals surface area contributed by atoms with Crippen LogP contribution in [0.2, 0.25) is 0 Å². The highest BCUT2D eigenvalue weighted by atomic mass is 32.2. The van der Waals surface area contributed by atoms with Gasteiger partial charge in [-0.15, -0.1) is 5.10 Å². The minimum atomic E-state index is -4.08. The van der Waals surface area contributed by atoms with Crippen molar-refractivity contribution >= 4 is 21.8 Å². The van der Waals surface area contributed by atoms with E-state index in [4.69, 9.17) is 9.15 Å². The van der Waals surface area contributed by atoms with Gasteiger partial charge in [0.25, 0.3) is 0 Å². The summed E-state index contributed by atoms with van der Waals surface area (Å²) in [5, 5.41) is 6.83. The Balaban J connectivity index is 1.64. The Morgan fingerprint density at radius 3 is 2.41 bits per heavy atom. The SMILES string of the molecule is CCOC(=O)N1CCN(C(=O)CS(=O)(=O)c2nnc(-c3ccccc3C)o2)CC1. The molecule has 3 rings (SSSR count). The molecule has 156 valence electrons. The van der Waals surface area contributed by atoms with Gasteiger partial charge in [-0.25, -0.2) is 13.2 Å². The van der Waals surface area contributed by atoms with Crippen molar-refractivity contribution in [2.45, 2.75) is 19.1 Å². The van der Waals surface area contributed by atoms with E-state index in [0.717, 1.165) is 5.56 Å². The number of nitrogens with zero attached hydrogens (tertiary/aromatic N) is 4. The zero-order valence-electron chi connectivity index (χ0n) is 16.2. The third-order valence-electron chi connectivity index (χ3n) is 4.52. The van der Waals surface area contributed by atoms with E-state index in [9.17, 15) is 18.0 Å². The zero-order chi connectivity index (χ0) is 21.0. The third kappa shape index (κ3) is 4.73. The highest BCUT2D eigenvalue weighted by Crippen LogP contribution is 2.23. The summed E-state index contributed by atoms with van der Waals surface area (Å²) in [5.74, 6) is -1.27. The summed E-state index contributed by atoms with van der Waals surface area (Å²) in [4.78, 5) is 27.0. The second-order valence-corrected chi connectivity index (χ2v) is 8.38. The summed E-state index contributed by atoms with van der Waals surface area (Å²) in [5.41, 5.74) is 1.48. The van der Waals surface area contributed by atoms with Gasteiger partial charge in [0, 0.05) is 31.7 Å². The summed E-state index contributed by atoms with van der Waals surface area (Å²) in [6.45, 7) is 4.84. The van der Waals surface area contributed by atoms with Gasteiger partial charge in [-0.3, -0.25) is 4.79 Å². The summed E-state index contributed by atoms with van der Waals surface area (Å²) in [6, 6.07) is 7.20. The predicted octanol–water partition coefficient (Wildman–Crippen LogP) is 1.12. The Bertz CT molecular complexity index is 995. The van der Waals surface area contributed by atoms with Crippen LogP contribution in [0.15, 0.2) is 33.9 Å². The molecule has 0 spiro atoms. The molecule has 1 aromatic heterocycles. The number of hydrogen-bond acceptors (Lipinski definition) is 8. The molecular formula is C18H22N4O6S. The normalized spacial score (nSPS) is 14.7. The molecule has 1 aliphatic heterocycles. The molecule has 2 amide bonds. The summed E-state index contributed by atoms with van der Waals surface area (Å²) in [7, 11) is -4.08. The molecule has 0 bridgehead atoms. The highest BCUT2D eigenvalue weighted by molar-refractivity contribution is 7.91. The first-order chi connectivity index (χ1) is 13.8. The molecule has 0 atom stereocenters. The minimum Gasteiger partial charge on any atom is -0.450 e. The van der Waals surface area contributed by atoms with Crippen LogP contribution in [0.25, 0.3) is 11.5 Å². The van der Waals surface area contributed by atoms with Crippen molar-refractivity contribution in [2.24, 2.45) is 0 Å². The first kappa shape index (κ1) is 20.8. The number of sulfone groups is 1. The lowest BCUT2D eigenvalue weighted by molar-refractivity contribution is -0.130. The maximum absolute atomic E-state index is 12.5. The average Bonchev–Trinajstić information content (AvgIpc) is 3.19. The molecule has 1 saturated heterocycles. The molecular weight excluding hydrogens is 400 g/mol. The average molecular weight is 422 g/mol. The van der Waals surface area contributed by atoms with Crippen LogP contribution in [0.4, 0.5) is 4.79 Å². The Kier molecular flexibility index (Phi) is 6.16. The number of carbonyl (C=O) groups is 2. The number of amides is 2. The second kappa shape index (κ2) is 8.60. The van der Waals surface area contributed by atoms with Gasteiger partial charge in [0.2, 0.25) is 21.6 Å². The molecule has 1 fully saturated rings. The number of aromatic nitrogens is 2. The van der Waals surface area contributed by atoms with Crippen molar-refractivity contribution in [3.63, 3.8) is 0 Å². The van der Waals surface area contributed by atoms with Crippen LogP contribution in [0.5, 0.6) is 0 Å². The van der Waals surface area contributed by atoms with Gasteiger partial charge >= 0.3 is 11.3 Å². The van der Waals surface area contributed by atoms with Crippen LogP contribution in [-0.4, -0.2) is 79.0 Å². The lowest BCUT2D eigenvalue weighted by atomic mass is 10.1. The maximum atomic E-state index is 12.5. The number of carbonyl (C=O) groups excluding carboxylic acids is 2. The van der Waals surface area contributed by atoms with Crippen molar-refractivity contribution < 1.29 is 27.2 Å². The lowest BCUT2D eigenvalue weighted by Gasteiger charge is -2.33. The van der Waals surface area contributed by atoms with Gasteiger partial charge in [0.05, 0.1) is 6.61 Å². The van der Waals surface area contributed by atoms with Crippen LogP contribution in [0.3, 0.4) is 0 Å². The molecule has 0 N–H and O–H groups in total. The number of rotatable bonds is 5. The first-order valence-corrected chi connectivity index (χ1v) is 10.8. The fraction of sp³-hybridized carbons (Fsp3) is 0.444. The van der Waals surface area contributed by atoms with Crippen LogP contribution >= 0.6 is 0 Å². The van der Waals surface area contributed by atoms with Gasteiger partial charge in [-0.05, 0) is 25.5 Å². The summed E-state index contributed by atoms with van der Waals surface area (Å²) in [6.07, 6.45) is -0.443. The van der Waals surface area contributed by atoms with E-state index < -0.39 is 32.8 Å². The quantitative estimate of drug-likeness (QED) is 0.702. The molecule has 0 unspecified atom stereocenters. The third-order valence-corrected chi connectivity index (χ3v) is 5.84. The molecule has 0 aliphatic carbocycles. The number of ether oxygens (including phenoxy) is 1. The predicted molar refractivity (Wildman–Crippen MR) is 102 cm³/mol. The molecule has 10 nitrogen and oxygen atoms in total. The van der Waals surface area contributed by atoms with Gasteiger partial charge in [0.15, 0.2) is 0 Å². The monoisotopic (exact) mass is 422 g/mol. The van der Waals surface area contributed by atoms with Crippen LogP contribution in [0, 0.1) is 6.92 Å². The van der Waals surface area contributed by atoms with Crippen LogP contribution in [0.1, 0.15) is 12.5 Å². The number of hydrogen-bond donors (Lipinski definition) is 0. The van der Waals surface area contributed by atoms with E-state index in [-0.39, 0.29) is 38.7 Å². The molecule has 1 aliphatic rings. The number of benzene rings is 1. The second-order valence-electron chi connectivity index (χ2n) is 6.51. The topological polar surface area (TPSA) is 123 Å². The first-order valence-electron chi connectivity index (χ1n) is 9.13. The van der Waals surface area contributed by atoms with E-state index in [1.54, 1.807) is 19.1 Å². The summed E-state index contributed by atoms with van der Waals surface area (Å²) >= 11 is 0. The van der Waals surface area contributed by atoms with Gasteiger partial charge in [-0.1, -0.05) is 23.3 Å². The van der Waals surface area contributed by atoms with Crippen molar-refractivity contribution in [1.82, 2.24) is 20.0 Å². The van der Waals surface area contributed by atoms with Crippen molar-refractivity contribution in [3.8, 4) is 11.5 Å². The zero-order valence-corrected chi connectivity index (χ0v) is 17.0. The Morgan fingerprint density at radius 2 is 1.76 bits per heavy atom. The fourth-order valence-corrected chi connectivity index (χ4v) is 3.93. The Labute approximate surface area is 168 Å². The van der Waals surface area contributed by atoms with E-state index in [1.165, 1.54) is 9.80 Å². The lowest BCUT2D eigenvalue weighted by Crippen LogP contribution is -2.51. The van der Waals surface area contributed by atoms with Gasteiger partial charge in [-0.2, -0.15) is 0 Å². The molecule has 1 aromatic carbocycles. The Hall–Kier alpha value is -2.95. The number of aryl methyl sites for hydroxylation is 1. The minimum absolute atomic E-state index is 0.0807. The van der Waals surface area contributed by atoms with E-state index in [1.807, 2.05) is 19.1 Å². The number of piperazine rings is 1. The van der Waals surface area contributed by atoms with Gasteiger partial charge < -0.3 is 19.0 Å². The Morgan fingerprint density at radius 1 is 1.10 bits per heavy atom. The molecule has 0 saturated carbocycles. The van der Waals surface area contributed by atoms with Crippen molar-refractivity contribution in [3.05, 3.63) is 29.8 Å². The van der Waals surface area contributed by atoms with Crippen molar-refractivity contribution in [2.75, 3.05) is 38.5 Å². The van der Waals surface area contributed by atoms with Gasteiger partial charge in [0.1, 0.15) is 5.75 Å². The van der Waals surface area contributed by atoms with Crippen molar-refractivity contribution in [1.29, 1.82) is 0 Å². The van der Waals surface area contributed by atoms with Crippen LogP contribution < -0.4 is 0 Å².